The maximum atomic E-state index is 11.5. The second-order valence-corrected chi connectivity index (χ2v) is 8.46. The monoisotopic (exact) mass is 430 g/mol. The number of hydrogen-bond acceptors (Lipinski definition) is 3. The van der Waals surface area contributed by atoms with Crippen molar-refractivity contribution in [2.75, 3.05) is 0 Å². The zero-order valence-electron chi connectivity index (χ0n) is 19.3. The van der Waals surface area contributed by atoms with Crippen LogP contribution in [0.3, 0.4) is 0 Å². The predicted octanol–water partition coefficient (Wildman–Crippen LogP) is 7.29. The van der Waals surface area contributed by atoms with Crippen molar-refractivity contribution in [2.24, 2.45) is 0 Å². The Bertz CT molecular complexity index is 964. The van der Waals surface area contributed by atoms with Crippen molar-refractivity contribution in [3.05, 3.63) is 72.1 Å². The van der Waals surface area contributed by atoms with Crippen LogP contribution in [0.25, 0.3) is 22.5 Å². The molecule has 0 bridgehead atoms. The number of aliphatic carboxylic acids is 1. The van der Waals surface area contributed by atoms with Gasteiger partial charge in [0.1, 0.15) is 0 Å². The third-order valence-corrected chi connectivity index (χ3v) is 5.95. The number of aryl methyl sites for hydroxylation is 1. The van der Waals surface area contributed by atoms with Crippen LogP contribution in [-0.4, -0.2) is 21.0 Å². The van der Waals surface area contributed by atoms with Gasteiger partial charge in [-0.1, -0.05) is 94.5 Å². The number of carboxylic acids is 1. The van der Waals surface area contributed by atoms with Crippen LogP contribution in [0.1, 0.15) is 75.8 Å². The maximum absolute atomic E-state index is 11.5. The molecule has 0 aliphatic heterocycles. The summed E-state index contributed by atoms with van der Waals surface area (Å²) in [5.74, 6) is -0.504. The van der Waals surface area contributed by atoms with Crippen molar-refractivity contribution < 1.29 is 9.90 Å². The molecular formula is C28H34N2O2. The number of aromatic nitrogens is 2. The lowest BCUT2D eigenvalue weighted by Gasteiger charge is -2.12. The molecular weight excluding hydrogens is 396 g/mol. The van der Waals surface area contributed by atoms with E-state index in [-0.39, 0.29) is 0 Å². The van der Waals surface area contributed by atoms with Crippen LogP contribution in [0, 0.1) is 0 Å². The van der Waals surface area contributed by atoms with E-state index in [1.807, 2.05) is 43.6 Å². The van der Waals surface area contributed by atoms with Gasteiger partial charge in [-0.3, -0.25) is 4.79 Å². The van der Waals surface area contributed by atoms with E-state index >= 15 is 0 Å². The molecule has 0 saturated carbocycles. The Balaban J connectivity index is 1.63. The van der Waals surface area contributed by atoms with Crippen LogP contribution in [0.15, 0.2) is 60.9 Å². The molecule has 0 saturated heterocycles. The largest absolute Gasteiger partial charge is 0.481 e. The Morgan fingerprint density at radius 1 is 0.781 bits per heavy atom. The van der Waals surface area contributed by atoms with E-state index in [0.717, 1.165) is 35.1 Å². The Hall–Kier alpha value is -3.01. The Morgan fingerprint density at radius 2 is 1.41 bits per heavy atom. The van der Waals surface area contributed by atoms with Gasteiger partial charge >= 0.3 is 5.97 Å². The van der Waals surface area contributed by atoms with Gasteiger partial charge in [-0.15, -0.1) is 0 Å². The van der Waals surface area contributed by atoms with Gasteiger partial charge in [-0.25, -0.2) is 9.97 Å². The number of carboxylic acid groups (broad SMARTS) is 1. The van der Waals surface area contributed by atoms with Gasteiger partial charge in [0.05, 0.1) is 5.92 Å². The number of unbranched alkanes of at least 4 members (excludes halogenated alkanes) is 4. The predicted molar refractivity (Wildman–Crippen MR) is 131 cm³/mol. The highest BCUT2D eigenvalue weighted by atomic mass is 16.4. The molecule has 3 aromatic rings. The number of carbonyl (C=O) groups is 1. The molecule has 1 heterocycles. The summed E-state index contributed by atoms with van der Waals surface area (Å²) < 4.78 is 0. The summed E-state index contributed by atoms with van der Waals surface area (Å²) in [5.41, 5.74) is 5.13. The van der Waals surface area contributed by atoms with Crippen LogP contribution in [-0.2, 0) is 11.2 Å². The topological polar surface area (TPSA) is 63.1 Å². The van der Waals surface area contributed by atoms with Crippen molar-refractivity contribution in [1.82, 2.24) is 9.97 Å². The molecule has 1 atom stereocenters. The Kier molecular flexibility index (Phi) is 8.97. The molecule has 0 radical (unpaired) electrons. The van der Waals surface area contributed by atoms with Crippen molar-refractivity contribution in [1.29, 1.82) is 0 Å². The third-order valence-electron chi connectivity index (χ3n) is 5.95. The van der Waals surface area contributed by atoms with Gasteiger partial charge in [0.15, 0.2) is 5.82 Å². The van der Waals surface area contributed by atoms with Gasteiger partial charge in [-0.05, 0) is 36.0 Å². The second kappa shape index (κ2) is 12.1. The fraction of sp³-hybridized carbons (Fsp3) is 0.393. The average molecular weight is 431 g/mol. The standard InChI is InChI=1S/C28H34N2O2/c1-3-5-6-7-8-10-21-11-13-24(14-12-21)27-29-19-25(20-30-27)22-15-17-23(18-16-22)26(9-4-2)28(31)32/h11-20,26H,3-10H2,1-2H3,(H,31,32). The first-order chi connectivity index (χ1) is 15.6. The lowest BCUT2D eigenvalue weighted by atomic mass is 9.93. The normalized spacial score (nSPS) is 11.9. The van der Waals surface area contributed by atoms with Gasteiger partial charge in [0.2, 0.25) is 0 Å². The van der Waals surface area contributed by atoms with Crippen LogP contribution in [0.4, 0.5) is 0 Å². The molecule has 1 unspecified atom stereocenters. The minimum atomic E-state index is -0.769. The smallest absolute Gasteiger partial charge is 0.310 e. The average Bonchev–Trinajstić information content (AvgIpc) is 2.83. The lowest BCUT2D eigenvalue weighted by Crippen LogP contribution is -2.11. The van der Waals surface area contributed by atoms with Crippen molar-refractivity contribution in [2.45, 2.75) is 71.1 Å². The molecule has 2 aromatic carbocycles. The molecule has 32 heavy (non-hydrogen) atoms. The zero-order chi connectivity index (χ0) is 22.8. The number of benzene rings is 2. The van der Waals surface area contributed by atoms with E-state index in [1.165, 1.54) is 37.7 Å². The third kappa shape index (κ3) is 6.49. The molecule has 1 N–H and O–H groups in total. The summed E-state index contributed by atoms with van der Waals surface area (Å²) in [5, 5.41) is 9.45. The molecule has 0 spiro atoms. The quantitative estimate of drug-likeness (QED) is 0.306. The minimum Gasteiger partial charge on any atom is -0.481 e. The number of rotatable bonds is 12. The van der Waals surface area contributed by atoms with Crippen LogP contribution >= 0.6 is 0 Å². The molecule has 0 aliphatic carbocycles. The Morgan fingerprint density at radius 3 is 2.00 bits per heavy atom. The lowest BCUT2D eigenvalue weighted by molar-refractivity contribution is -0.139. The molecule has 0 aliphatic rings. The summed E-state index contributed by atoms with van der Waals surface area (Å²) in [4.78, 5) is 20.6. The summed E-state index contributed by atoms with van der Waals surface area (Å²) in [6.45, 7) is 4.25. The number of nitrogens with zero attached hydrogens (tertiary/aromatic N) is 2. The van der Waals surface area contributed by atoms with Crippen molar-refractivity contribution in [3.63, 3.8) is 0 Å². The number of hydrogen-bond donors (Lipinski definition) is 1. The molecule has 3 rings (SSSR count). The van der Waals surface area contributed by atoms with Gasteiger partial charge < -0.3 is 5.11 Å². The van der Waals surface area contributed by atoms with Crippen molar-refractivity contribution in [3.8, 4) is 22.5 Å². The van der Waals surface area contributed by atoms with Crippen LogP contribution < -0.4 is 0 Å². The first-order valence-electron chi connectivity index (χ1n) is 11.9. The van der Waals surface area contributed by atoms with E-state index in [2.05, 4.69) is 41.2 Å². The summed E-state index contributed by atoms with van der Waals surface area (Å²) in [6.07, 6.45) is 12.8. The maximum Gasteiger partial charge on any atom is 0.310 e. The fourth-order valence-corrected chi connectivity index (χ4v) is 4.01. The van der Waals surface area contributed by atoms with Crippen LogP contribution in [0.2, 0.25) is 0 Å². The SMILES string of the molecule is CCCCCCCc1ccc(-c2ncc(-c3ccc(C(CCC)C(=O)O)cc3)cn2)cc1. The van der Waals surface area contributed by atoms with E-state index in [9.17, 15) is 9.90 Å². The Labute approximate surface area is 191 Å². The second-order valence-electron chi connectivity index (χ2n) is 8.46. The van der Waals surface area contributed by atoms with Gasteiger partial charge in [0.25, 0.3) is 0 Å². The van der Waals surface area contributed by atoms with Gasteiger partial charge in [0, 0.05) is 23.5 Å². The molecule has 1 aromatic heterocycles. The first kappa shape index (κ1) is 23.6. The molecule has 4 heteroatoms. The zero-order valence-corrected chi connectivity index (χ0v) is 19.3. The summed E-state index contributed by atoms with van der Waals surface area (Å²) in [7, 11) is 0. The highest BCUT2D eigenvalue weighted by Crippen LogP contribution is 2.26. The minimum absolute atomic E-state index is 0.452. The molecule has 4 nitrogen and oxygen atoms in total. The van der Waals surface area contributed by atoms with E-state index in [1.54, 1.807) is 0 Å². The highest BCUT2D eigenvalue weighted by Gasteiger charge is 2.18. The fourth-order valence-electron chi connectivity index (χ4n) is 4.01. The molecule has 0 amide bonds. The van der Waals surface area contributed by atoms with E-state index in [0.29, 0.717) is 12.2 Å². The van der Waals surface area contributed by atoms with Gasteiger partial charge in [-0.2, -0.15) is 0 Å². The molecule has 0 fully saturated rings. The van der Waals surface area contributed by atoms with Crippen molar-refractivity contribution >= 4 is 5.97 Å². The summed E-state index contributed by atoms with van der Waals surface area (Å²) >= 11 is 0. The first-order valence-corrected chi connectivity index (χ1v) is 11.9. The van der Waals surface area contributed by atoms with E-state index in [4.69, 9.17) is 0 Å². The molecule has 168 valence electrons. The highest BCUT2D eigenvalue weighted by molar-refractivity contribution is 5.76. The summed E-state index contributed by atoms with van der Waals surface area (Å²) in [6, 6.07) is 16.3. The van der Waals surface area contributed by atoms with E-state index < -0.39 is 11.9 Å². The van der Waals surface area contributed by atoms with Crippen LogP contribution in [0.5, 0.6) is 0 Å².